The van der Waals surface area contributed by atoms with E-state index in [1.54, 1.807) is 0 Å². The summed E-state index contributed by atoms with van der Waals surface area (Å²) in [7, 11) is 2.82. The standard InChI is InChI=1S/C16H16F3NO2/c1-21-13-8-6-12(7-9-13)20-15(16(17,18)19)11-4-3-5-14(10-11)22-2/h3-10,15,20H,1-2H3/t15-/m0/s1/i15D. The molecular formula is C16H16F3NO2. The normalized spacial score (nSPS) is 14.7. The summed E-state index contributed by atoms with van der Waals surface area (Å²) >= 11 is 0. The minimum absolute atomic E-state index is 0.154. The molecule has 0 saturated heterocycles. The fraction of sp³-hybridized carbons (Fsp3) is 0.250. The number of hydrogen-bond donors (Lipinski definition) is 1. The van der Waals surface area contributed by atoms with Crippen molar-refractivity contribution in [3.63, 3.8) is 0 Å². The van der Waals surface area contributed by atoms with Gasteiger partial charge < -0.3 is 14.8 Å². The van der Waals surface area contributed by atoms with E-state index in [9.17, 15) is 13.2 Å². The molecule has 1 N–H and O–H groups in total. The third-order valence-corrected chi connectivity index (χ3v) is 3.00. The molecule has 2 aromatic rings. The molecule has 2 aromatic carbocycles. The van der Waals surface area contributed by atoms with Crippen LogP contribution in [-0.2, 0) is 0 Å². The van der Waals surface area contributed by atoms with Gasteiger partial charge in [-0.05, 0) is 42.0 Å². The van der Waals surface area contributed by atoms with Gasteiger partial charge in [0.05, 0.1) is 15.6 Å². The maximum absolute atomic E-state index is 13.5. The Balaban J connectivity index is 2.42. The lowest BCUT2D eigenvalue weighted by molar-refractivity contribution is -0.144. The van der Waals surface area contributed by atoms with Crippen LogP contribution in [0.3, 0.4) is 0 Å². The second-order valence-corrected chi connectivity index (χ2v) is 4.46. The van der Waals surface area contributed by atoms with Gasteiger partial charge >= 0.3 is 6.18 Å². The van der Waals surface area contributed by atoms with Crippen molar-refractivity contribution in [3.05, 3.63) is 54.1 Å². The maximum Gasteiger partial charge on any atom is 0.412 e. The Morgan fingerprint density at radius 1 is 1.00 bits per heavy atom. The maximum atomic E-state index is 13.5. The van der Waals surface area contributed by atoms with Crippen LogP contribution in [0.15, 0.2) is 48.5 Å². The predicted octanol–water partition coefficient (Wildman–Crippen LogP) is 4.42. The highest BCUT2D eigenvalue weighted by Crippen LogP contribution is 2.36. The number of ether oxygens (including phenoxy) is 2. The van der Waals surface area contributed by atoms with Crippen molar-refractivity contribution < 1.29 is 24.0 Å². The van der Waals surface area contributed by atoms with Crippen LogP contribution in [0.25, 0.3) is 0 Å². The summed E-state index contributed by atoms with van der Waals surface area (Å²) in [5, 5.41) is 2.24. The summed E-state index contributed by atoms with van der Waals surface area (Å²) in [6, 6.07) is 8.25. The van der Waals surface area contributed by atoms with Gasteiger partial charge in [-0.2, -0.15) is 13.2 Å². The molecule has 0 amide bonds. The molecule has 6 heteroatoms. The fourth-order valence-corrected chi connectivity index (χ4v) is 1.90. The predicted molar refractivity (Wildman–Crippen MR) is 78.4 cm³/mol. The first-order valence-electron chi connectivity index (χ1n) is 6.93. The van der Waals surface area contributed by atoms with Crippen LogP contribution < -0.4 is 14.8 Å². The van der Waals surface area contributed by atoms with Crippen molar-refractivity contribution in [1.82, 2.24) is 0 Å². The highest BCUT2D eigenvalue weighted by molar-refractivity contribution is 5.49. The molecule has 0 heterocycles. The quantitative estimate of drug-likeness (QED) is 0.886. The van der Waals surface area contributed by atoms with E-state index in [2.05, 4.69) is 5.32 Å². The summed E-state index contributed by atoms with van der Waals surface area (Å²) in [6.07, 6.45) is -4.83. The van der Waals surface area contributed by atoms with Gasteiger partial charge in [0.1, 0.15) is 17.5 Å². The van der Waals surface area contributed by atoms with Gasteiger partial charge in [-0.3, -0.25) is 0 Å². The Bertz CT molecular complexity index is 661. The highest BCUT2D eigenvalue weighted by atomic mass is 19.4. The number of nitrogens with one attached hydrogen (secondary N) is 1. The summed E-state index contributed by atoms with van der Waals surface area (Å²) in [4.78, 5) is 0. The summed E-state index contributed by atoms with van der Waals surface area (Å²) in [5.41, 5.74) is -0.110. The minimum Gasteiger partial charge on any atom is -0.497 e. The Kier molecular flexibility index (Phi) is 4.37. The van der Waals surface area contributed by atoms with Crippen molar-refractivity contribution in [2.75, 3.05) is 19.5 Å². The fourth-order valence-electron chi connectivity index (χ4n) is 1.90. The summed E-state index contributed by atoms with van der Waals surface area (Å²) < 4.78 is 58.5. The molecule has 0 aliphatic carbocycles. The van der Waals surface area contributed by atoms with Crippen molar-refractivity contribution in [2.24, 2.45) is 0 Å². The number of anilines is 1. The zero-order chi connectivity index (χ0) is 17.1. The number of rotatable bonds is 5. The number of halogens is 3. The molecule has 1 atom stereocenters. The van der Waals surface area contributed by atoms with Crippen LogP contribution in [0.1, 0.15) is 13.0 Å². The highest BCUT2D eigenvalue weighted by Gasteiger charge is 2.41. The zero-order valence-electron chi connectivity index (χ0n) is 13.1. The largest absolute Gasteiger partial charge is 0.497 e. The molecule has 22 heavy (non-hydrogen) atoms. The Hall–Kier alpha value is -2.37. The van der Waals surface area contributed by atoms with Crippen molar-refractivity contribution in [1.29, 1.82) is 0 Å². The van der Waals surface area contributed by atoms with Gasteiger partial charge in [0.15, 0.2) is 0 Å². The van der Waals surface area contributed by atoms with Crippen LogP contribution in [0.5, 0.6) is 11.5 Å². The zero-order valence-corrected chi connectivity index (χ0v) is 12.1. The summed E-state index contributed by atoms with van der Waals surface area (Å²) in [6.45, 7) is 0. The first-order chi connectivity index (χ1) is 10.8. The van der Waals surface area contributed by atoms with Crippen molar-refractivity contribution >= 4 is 5.69 Å². The number of hydrogen-bond acceptors (Lipinski definition) is 3. The molecule has 0 aliphatic rings. The van der Waals surface area contributed by atoms with Gasteiger partial charge in [0.2, 0.25) is 0 Å². The third-order valence-electron chi connectivity index (χ3n) is 3.00. The van der Waals surface area contributed by atoms with Gasteiger partial charge in [-0.25, -0.2) is 0 Å². The van der Waals surface area contributed by atoms with Crippen molar-refractivity contribution in [2.45, 2.75) is 12.2 Å². The van der Waals surface area contributed by atoms with E-state index < -0.39 is 12.2 Å². The monoisotopic (exact) mass is 312 g/mol. The summed E-state index contributed by atoms with van der Waals surface area (Å²) in [5.74, 6) is 0.763. The van der Waals surface area contributed by atoms with E-state index in [4.69, 9.17) is 10.8 Å². The number of alkyl halides is 3. The van der Waals surface area contributed by atoms with Gasteiger partial charge in [0.25, 0.3) is 0 Å². The van der Waals surface area contributed by atoms with Crippen LogP contribution >= 0.6 is 0 Å². The van der Waals surface area contributed by atoms with Crippen LogP contribution in [-0.4, -0.2) is 20.4 Å². The van der Waals surface area contributed by atoms with Gasteiger partial charge in [-0.15, -0.1) is 0 Å². The lowest BCUT2D eigenvalue weighted by Crippen LogP contribution is -2.27. The van der Waals surface area contributed by atoms with Crippen molar-refractivity contribution in [3.8, 4) is 11.5 Å². The first kappa shape index (κ1) is 14.6. The molecule has 0 aromatic heterocycles. The van der Waals surface area contributed by atoms with E-state index in [1.165, 1.54) is 62.8 Å². The Labute approximate surface area is 128 Å². The molecule has 0 saturated carbocycles. The Morgan fingerprint density at radius 3 is 2.18 bits per heavy atom. The molecule has 2 rings (SSSR count). The Morgan fingerprint density at radius 2 is 1.64 bits per heavy atom. The molecule has 3 nitrogen and oxygen atoms in total. The topological polar surface area (TPSA) is 30.5 Å². The first-order valence-corrected chi connectivity index (χ1v) is 6.43. The molecule has 0 aliphatic heterocycles. The average molecular weight is 312 g/mol. The number of methoxy groups -OCH3 is 2. The lowest BCUT2D eigenvalue weighted by atomic mass is 10.1. The lowest BCUT2D eigenvalue weighted by Gasteiger charge is -2.23. The average Bonchev–Trinajstić information content (AvgIpc) is 2.54. The van der Waals surface area contributed by atoms with Crippen LogP contribution in [0.2, 0.25) is 0 Å². The third kappa shape index (κ3) is 3.84. The van der Waals surface area contributed by atoms with Gasteiger partial charge in [0, 0.05) is 5.69 Å². The molecule has 0 spiro atoms. The SMILES string of the molecule is [2H][C@](Nc1ccc(OC)cc1)(c1cccc(OC)c1)C(F)(F)F. The molecular weight excluding hydrogens is 295 g/mol. The molecule has 0 fully saturated rings. The molecule has 0 bridgehead atoms. The van der Waals surface area contributed by atoms with E-state index >= 15 is 0 Å². The molecule has 0 unspecified atom stereocenters. The van der Waals surface area contributed by atoms with E-state index in [0.717, 1.165) is 0 Å². The van der Waals surface area contributed by atoms with E-state index in [0.29, 0.717) is 5.75 Å². The minimum atomic E-state index is -4.83. The number of benzene rings is 2. The second-order valence-electron chi connectivity index (χ2n) is 4.46. The van der Waals surface area contributed by atoms with E-state index in [-0.39, 0.29) is 17.0 Å². The smallest absolute Gasteiger partial charge is 0.412 e. The van der Waals surface area contributed by atoms with Crippen LogP contribution in [0, 0.1) is 0 Å². The second kappa shape index (κ2) is 6.60. The molecule has 0 radical (unpaired) electrons. The molecule has 118 valence electrons. The van der Waals surface area contributed by atoms with E-state index in [1.807, 2.05) is 0 Å². The van der Waals surface area contributed by atoms with Crippen LogP contribution in [0.4, 0.5) is 18.9 Å². The van der Waals surface area contributed by atoms with Gasteiger partial charge in [-0.1, -0.05) is 12.1 Å².